The average Bonchev–Trinajstić information content (AvgIpc) is 2.62. The molecule has 0 heterocycles. The Bertz CT molecular complexity index is 531. The van der Waals surface area contributed by atoms with Crippen LogP contribution in [0.3, 0.4) is 0 Å². The Balaban J connectivity index is 2.79. The molecule has 0 saturated heterocycles. The van der Waals surface area contributed by atoms with E-state index in [1.807, 2.05) is 0 Å². The van der Waals surface area contributed by atoms with Crippen molar-refractivity contribution in [3.8, 4) is 17.2 Å². The lowest BCUT2D eigenvalue weighted by Gasteiger charge is -2.14. The van der Waals surface area contributed by atoms with Gasteiger partial charge in [-0.2, -0.15) is 0 Å². The Morgan fingerprint density at radius 1 is 0.923 bits per heavy atom. The van der Waals surface area contributed by atoms with Crippen LogP contribution in [0.4, 0.5) is 0 Å². The number of phenolic OH excluding ortho intramolecular Hbond substituents is 1. The third-order valence-corrected chi connectivity index (χ3v) is 3.99. The number of benzene rings is 1. The van der Waals surface area contributed by atoms with Gasteiger partial charge in [-0.15, -0.1) is 0 Å². The summed E-state index contributed by atoms with van der Waals surface area (Å²) in [4.78, 5) is 10.8. The Morgan fingerprint density at radius 2 is 1.42 bits per heavy atom. The summed E-state index contributed by atoms with van der Waals surface area (Å²) in [7, 11) is 0. The molecule has 5 nitrogen and oxygen atoms in total. The molecule has 2 N–H and O–H groups in total. The fourth-order valence-electron chi connectivity index (χ4n) is 2.51. The monoisotopic (exact) mass is 364 g/mol. The van der Waals surface area contributed by atoms with Gasteiger partial charge in [0.2, 0.25) is 5.75 Å². The summed E-state index contributed by atoms with van der Waals surface area (Å²) in [6.07, 6.45) is 11.1. The zero-order valence-electron chi connectivity index (χ0n) is 16.0. The molecular formula is C21H32O5. The van der Waals surface area contributed by atoms with E-state index in [1.165, 1.54) is 6.08 Å². The zero-order chi connectivity index (χ0) is 19.2. The maximum atomic E-state index is 10.8. The Labute approximate surface area is 156 Å². The molecule has 0 unspecified atom stereocenters. The Morgan fingerprint density at radius 3 is 1.85 bits per heavy atom. The van der Waals surface area contributed by atoms with Crippen molar-refractivity contribution in [3.63, 3.8) is 0 Å². The molecule has 0 bridgehead atoms. The first-order chi connectivity index (χ1) is 12.6. The van der Waals surface area contributed by atoms with Crippen LogP contribution in [0.1, 0.15) is 70.8 Å². The SMILES string of the molecule is CCCCCCOc1cc(/C=C/C(=O)O)cc(OCCCCCC)c1O. The fraction of sp³-hybridized carbons (Fsp3) is 0.571. The van der Waals surface area contributed by atoms with Crippen molar-refractivity contribution in [2.24, 2.45) is 0 Å². The van der Waals surface area contributed by atoms with E-state index < -0.39 is 5.97 Å². The van der Waals surface area contributed by atoms with Crippen LogP contribution in [0.2, 0.25) is 0 Å². The van der Waals surface area contributed by atoms with E-state index in [9.17, 15) is 9.90 Å². The summed E-state index contributed by atoms with van der Waals surface area (Å²) in [6, 6.07) is 3.27. The molecule has 0 saturated carbocycles. The van der Waals surface area contributed by atoms with Gasteiger partial charge in [0.1, 0.15) is 0 Å². The van der Waals surface area contributed by atoms with Crippen molar-refractivity contribution in [2.75, 3.05) is 13.2 Å². The number of carboxylic acids is 1. The standard InChI is InChI=1S/C21H32O5/c1-3-5-7-9-13-25-18-15-17(11-12-20(22)23)16-19(21(18)24)26-14-10-8-6-4-2/h11-12,15-16,24H,3-10,13-14H2,1-2H3,(H,22,23)/b12-11+. The molecular weight excluding hydrogens is 332 g/mol. The van der Waals surface area contributed by atoms with Gasteiger partial charge in [-0.1, -0.05) is 52.4 Å². The summed E-state index contributed by atoms with van der Waals surface area (Å²) >= 11 is 0. The van der Waals surface area contributed by atoms with Crippen LogP contribution in [-0.4, -0.2) is 29.4 Å². The van der Waals surface area contributed by atoms with Crippen LogP contribution in [0.25, 0.3) is 6.08 Å². The highest BCUT2D eigenvalue weighted by molar-refractivity contribution is 5.85. The molecule has 0 radical (unpaired) electrons. The molecule has 0 atom stereocenters. The van der Waals surface area contributed by atoms with Crippen LogP contribution in [0, 0.1) is 0 Å². The predicted octanol–water partition coefficient (Wildman–Crippen LogP) is 5.41. The topological polar surface area (TPSA) is 76.0 Å². The molecule has 0 aliphatic carbocycles. The molecule has 0 fully saturated rings. The lowest BCUT2D eigenvalue weighted by molar-refractivity contribution is -0.131. The van der Waals surface area contributed by atoms with Crippen molar-refractivity contribution >= 4 is 12.0 Å². The Kier molecular flexibility index (Phi) is 11.0. The number of carbonyl (C=O) groups is 1. The smallest absolute Gasteiger partial charge is 0.328 e. The van der Waals surface area contributed by atoms with E-state index in [4.69, 9.17) is 14.6 Å². The first kappa shape index (κ1) is 21.9. The third kappa shape index (κ3) is 8.79. The lowest BCUT2D eigenvalue weighted by atomic mass is 10.1. The van der Waals surface area contributed by atoms with Crippen LogP contribution >= 0.6 is 0 Å². The molecule has 1 rings (SSSR count). The van der Waals surface area contributed by atoms with Gasteiger partial charge in [-0.3, -0.25) is 0 Å². The second-order valence-electron chi connectivity index (χ2n) is 6.36. The van der Waals surface area contributed by atoms with E-state index in [1.54, 1.807) is 12.1 Å². The van der Waals surface area contributed by atoms with E-state index in [-0.39, 0.29) is 5.75 Å². The summed E-state index contributed by atoms with van der Waals surface area (Å²) in [6.45, 7) is 5.31. The minimum Gasteiger partial charge on any atom is -0.502 e. The normalized spacial score (nSPS) is 11.0. The van der Waals surface area contributed by atoms with Gasteiger partial charge in [-0.25, -0.2) is 4.79 Å². The van der Waals surface area contributed by atoms with Gasteiger partial charge in [0, 0.05) is 6.08 Å². The van der Waals surface area contributed by atoms with Crippen molar-refractivity contribution in [1.29, 1.82) is 0 Å². The number of unbranched alkanes of at least 4 members (excludes halogenated alkanes) is 6. The number of ether oxygens (including phenoxy) is 2. The van der Waals surface area contributed by atoms with E-state index in [0.717, 1.165) is 57.4 Å². The van der Waals surface area contributed by atoms with Crippen LogP contribution in [0.15, 0.2) is 18.2 Å². The van der Waals surface area contributed by atoms with Crippen molar-refractivity contribution < 1.29 is 24.5 Å². The fourth-order valence-corrected chi connectivity index (χ4v) is 2.51. The van der Waals surface area contributed by atoms with Crippen molar-refractivity contribution in [3.05, 3.63) is 23.8 Å². The summed E-state index contributed by atoms with van der Waals surface area (Å²) in [5.41, 5.74) is 0.623. The van der Waals surface area contributed by atoms with E-state index >= 15 is 0 Å². The number of phenols is 1. The number of aromatic hydroxyl groups is 1. The molecule has 146 valence electrons. The van der Waals surface area contributed by atoms with Gasteiger partial charge in [0.25, 0.3) is 0 Å². The molecule has 0 amide bonds. The first-order valence-corrected chi connectivity index (χ1v) is 9.62. The molecule has 0 aromatic heterocycles. The molecule has 1 aromatic carbocycles. The molecule has 0 aliphatic heterocycles. The van der Waals surface area contributed by atoms with Crippen molar-refractivity contribution in [2.45, 2.75) is 65.2 Å². The van der Waals surface area contributed by atoms with Crippen molar-refractivity contribution in [1.82, 2.24) is 0 Å². The third-order valence-electron chi connectivity index (χ3n) is 3.99. The minimum absolute atomic E-state index is 0.0246. The predicted molar refractivity (Wildman–Crippen MR) is 104 cm³/mol. The largest absolute Gasteiger partial charge is 0.502 e. The summed E-state index contributed by atoms with van der Waals surface area (Å²) in [5.74, 6) is -0.388. The van der Waals surface area contributed by atoms with Gasteiger partial charge < -0.3 is 19.7 Å². The number of hydrogen-bond donors (Lipinski definition) is 2. The average molecular weight is 364 g/mol. The van der Waals surface area contributed by atoms with E-state index in [2.05, 4.69) is 13.8 Å². The van der Waals surface area contributed by atoms with Gasteiger partial charge in [-0.05, 0) is 36.6 Å². The van der Waals surface area contributed by atoms with Crippen LogP contribution in [0.5, 0.6) is 17.2 Å². The minimum atomic E-state index is -1.03. The van der Waals surface area contributed by atoms with Gasteiger partial charge in [0.15, 0.2) is 11.5 Å². The second kappa shape index (κ2) is 13.1. The Hall–Kier alpha value is -2.17. The molecule has 5 heteroatoms. The molecule has 1 aromatic rings. The van der Waals surface area contributed by atoms with Crippen LogP contribution in [-0.2, 0) is 4.79 Å². The van der Waals surface area contributed by atoms with Crippen LogP contribution < -0.4 is 9.47 Å². The number of hydrogen-bond acceptors (Lipinski definition) is 4. The highest BCUT2D eigenvalue weighted by Crippen LogP contribution is 2.38. The maximum Gasteiger partial charge on any atom is 0.328 e. The van der Waals surface area contributed by atoms with Gasteiger partial charge >= 0.3 is 5.97 Å². The number of aliphatic carboxylic acids is 1. The zero-order valence-corrected chi connectivity index (χ0v) is 16.0. The van der Waals surface area contributed by atoms with E-state index in [0.29, 0.717) is 30.3 Å². The molecule has 0 aliphatic rings. The molecule has 26 heavy (non-hydrogen) atoms. The highest BCUT2D eigenvalue weighted by Gasteiger charge is 2.12. The quantitative estimate of drug-likeness (QED) is 0.341. The summed E-state index contributed by atoms with van der Waals surface area (Å²) in [5, 5.41) is 19.2. The maximum absolute atomic E-state index is 10.8. The summed E-state index contributed by atoms with van der Waals surface area (Å²) < 4.78 is 11.4. The molecule has 0 spiro atoms. The lowest BCUT2D eigenvalue weighted by Crippen LogP contribution is -2.01. The van der Waals surface area contributed by atoms with Gasteiger partial charge in [0.05, 0.1) is 13.2 Å². The second-order valence-corrected chi connectivity index (χ2v) is 6.36. The first-order valence-electron chi connectivity index (χ1n) is 9.62. The highest BCUT2D eigenvalue weighted by atomic mass is 16.5. The number of carboxylic acid groups (broad SMARTS) is 1. The number of rotatable bonds is 14.